The Bertz CT molecular complexity index is 519. The fraction of sp³-hybridized carbons (Fsp3) is 0.429. The van der Waals surface area contributed by atoms with Crippen molar-refractivity contribution in [2.75, 3.05) is 13.1 Å². The summed E-state index contributed by atoms with van der Waals surface area (Å²) in [6.45, 7) is 6.64. The molecule has 1 aliphatic heterocycles. The maximum Gasteiger partial charge on any atom is 0.0458 e. The molecule has 2 heteroatoms. The summed E-state index contributed by atoms with van der Waals surface area (Å²) in [6, 6.07) is 6.87. The summed E-state index contributed by atoms with van der Waals surface area (Å²) >= 11 is 0. The third-order valence-electron chi connectivity index (χ3n) is 3.86. The summed E-state index contributed by atoms with van der Waals surface area (Å²) in [5.74, 6) is 0.707. The van der Waals surface area contributed by atoms with E-state index in [2.05, 4.69) is 42.3 Å². The van der Waals surface area contributed by atoms with Crippen LogP contribution in [0.2, 0.25) is 0 Å². The lowest BCUT2D eigenvalue weighted by atomic mass is 9.96. The number of fused-ring (bicyclic) bond motifs is 1. The van der Waals surface area contributed by atoms with Gasteiger partial charge in [0.15, 0.2) is 0 Å². The first-order valence-electron chi connectivity index (χ1n) is 6.05. The van der Waals surface area contributed by atoms with Crippen LogP contribution in [0.25, 0.3) is 10.9 Å². The van der Waals surface area contributed by atoms with Crippen LogP contribution < -0.4 is 5.32 Å². The van der Waals surface area contributed by atoms with Crippen LogP contribution in [-0.2, 0) is 0 Å². The molecular weight excluding hydrogens is 196 g/mol. The fourth-order valence-electron chi connectivity index (χ4n) is 2.67. The van der Waals surface area contributed by atoms with Gasteiger partial charge in [-0.05, 0) is 56.0 Å². The highest BCUT2D eigenvalue weighted by atomic mass is 14.9. The second-order valence-electron chi connectivity index (χ2n) is 4.87. The number of aromatic nitrogens is 1. The monoisotopic (exact) mass is 214 g/mol. The van der Waals surface area contributed by atoms with Crippen molar-refractivity contribution in [1.82, 2.24) is 10.3 Å². The molecule has 2 N–H and O–H groups in total. The maximum absolute atomic E-state index is 3.43. The Kier molecular flexibility index (Phi) is 2.25. The van der Waals surface area contributed by atoms with E-state index in [1.165, 1.54) is 34.1 Å². The molecule has 1 aliphatic rings. The molecule has 0 amide bonds. The van der Waals surface area contributed by atoms with E-state index in [-0.39, 0.29) is 0 Å². The second kappa shape index (κ2) is 3.63. The van der Waals surface area contributed by atoms with Crippen molar-refractivity contribution < 1.29 is 0 Å². The summed E-state index contributed by atoms with van der Waals surface area (Å²) in [5.41, 5.74) is 5.43. The predicted octanol–water partition coefficient (Wildman–Crippen LogP) is 2.86. The Labute approximate surface area is 96.1 Å². The van der Waals surface area contributed by atoms with Gasteiger partial charge in [-0.3, -0.25) is 0 Å². The number of benzene rings is 1. The molecule has 1 aromatic heterocycles. The van der Waals surface area contributed by atoms with Gasteiger partial charge < -0.3 is 10.3 Å². The molecule has 0 radical (unpaired) electrons. The minimum Gasteiger partial charge on any atom is -0.358 e. The molecule has 1 atom stereocenters. The molecule has 16 heavy (non-hydrogen) atoms. The van der Waals surface area contributed by atoms with E-state index in [9.17, 15) is 0 Å². The maximum atomic E-state index is 3.43. The molecule has 0 spiro atoms. The van der Waals surface area contributed by atoms with E-state index in [0.29, 0.717) is 5.92 Å². The first-order chi connectivity index (χ1) is 7.75. The average molecular weight is 214 g/mol. The lowest BCUT2D eigenvalue weighted by molar-refractivity contribution is 0.764. The molecule has 3 rings (SSSR count). The van der Waals surface area contributed by atoms with Crippen molar-refractivity contribution in [1.29, 1.82) is 0 Å². The Morgan fingerprint density at radius 1 is 1.25 bits per heavy atom. The van der Waals surface area contributed by atoms with Crippen LogP contribution >= 0.6 is 0 Å². The lowest BCUT2D eigenvalue weighted by Crippen LogP contribution is -2.07. The molecule has 1 fully saturated rings. The molecule has 2 nitrogen and oxygen atoms in total. The predicted molar refractivity (Wildman–Crippen MR) is 68.0 cm³/mol. The van der Waals surface area contributed by atoms with Gasteiger partial charge in [-0.1, -0.05) is 6.07 Å². The van der Waals surface area contributed by atoms with Crippen LogP contribution in [0.1, 0.15) is 29.2 Å². The van der Waals surface area contributed by atoms with Crippen molar-refractivity contribution in [3.05, 3.63) is 35.0 Å². The van der Waals surface area contributed by atoms with Crippen molar-refractivity contribution >= 4 is 10.9 Å². The van der Waals surface area contributed by atoms with Crippen molar-refractivity contribution in [3.8, 4) is 0 Å². The molecule has 1 saturated heterocycles. The number of H-pyrrole nitrogens is 1. The number of hydrogen-bond acceptors (Lipinski definition) is 1. The van der Waals surface area contributed by atoms with Crippen LogP contribution in [0.15, 0.2) is 18.2 Å². The topological polar surface area (TPSA) is 27.8 Å². The molecular formula is C14H18N2. The third kappa shape index (κ3) is 1.45. The van der Waals surface area contributed by atoms with Crippen LogP contribution in [0.5, 0.6) is 0 Å². The zero-order valence-corrected chi connectivity index (χ0v) is 9.93. The summed E-state index contributed by atoms with van der Waals surface area (Å²) in [4.78, 5) is 3.43. The van der Waals surface area contributed by atoms with Crippen molar-refractivity contribution in [2.45, 2.75) is 26.2 Å². The largest absolute Gasteiger partial charge is 0.358 e. The van der Waals surface area contributed by atoms with E-state index in [4.69, 9.17) is 0 Å². The third-order valence-corrected chi connectivity index (χ3v) is 3.86. The molecule has 2 heterocycles. The second-order valence-corrected chi connectivity index (χ2v) is 4.87. The molecule has 0 saturated carbocycles. The zero-order valence-electron chi connectivity index (χ0n) is 9.93. The van der Waals surface area contributed by atoms with E-state index in [1.54, 1.807) is 0 Å². The first kappa shape index (κ1) is 9.91. The highest BCUT2D eigenvalue weighted by Gasteiger charge is 2.17. The Morgan fingerprint density at radius 3 is 2.88 bits per heavy atom. The van der Waals surface area contributed by atoms with E-state index in [0.717, 1.165) is 13.1 Å². The molecule has 0 bridgehead atoms. The summed E-state index contributed by atoms with van der Waals surface area (Å²) in [7, 11) is 0. The van der Waals surface area contributed by atoms with Gasteiger partial charge in [-0.15, -0.1) is 0 Å². The minimum absolute atomic E-state index is 0.707. The first-order valence-corrected chi connectivity index (χ1v) is 6.05. The Morgan fingerprint density at radius 2 is 2.12 bits per heavy atom. The van der Waals surface area contributed by atoms with Gasteiger partial charge in [0.2, 0.25) is 0 Å². The van der Waals surface area contributed by atoms with Gasteiger partial charge in [0.1, 0.15) is 0 Å². The Hall–Kier alpha value is -1.28. The molecule has 0 aliphatic carbocycles. The zero-order chi connectivity index (χ0) is 11.1. The summed E-state index contributed by atoms with van der Waals surface area (Å²) < 4.78 is 0. The highest BCUT2D eigenvalue weighted by molar-refractivity contribution is 5.85. The molecule has 2 aromatic rings. The number of hydrogen-bond donors (Lipinski definition) is 2. The van der Waals surface area contributed by atoms with Gasteiger partial charge in [-0.25, -0.2) is 0 Å². The van der Waals surface area contributed by atoms with E-state index in [1.807, 2.05) is 0 Å². The van der Waals surface area contributed by atoms with Gasteiger partial charge in [0.25, 0.3) is 0 Å². The van der Waals surface area contributed by atoms with Gasteiger partial charge in [-0.2, -0.15) is 0 Å². The van der Waals surface area contributed by atoms with Crippen LogP contribution in [0.4, 0.5) is 0 Å². The highest BCUT2D eigenvalue weighted by Crippen LogP contribution is 2.28. The van der Waals surface area contributed by atoms with Crippen LogP contribution in [0, 0.1) is 13.8 Å². The van der Waals surface area contributed by atoms with Crippen molar-refractivity contribution in [3.63, 3.8) is 0 Å². The molecule has 84 valence electrons. The number of rotatable bonds is 1. The lowest BCUT2D eigenvalue weighted by Gasteiger charge is -2.08. The van der Waals surface area contributed by atoms with Gasteiger partial charge in [0.05, 0.1) is 0 Å². The molecule has 1 aromatic carbocycles. The summed E-state index contributed by atoms with van der Waals surface area (Å²) in [6.07, 6.45) is 1.27. The quantitative estimate of drug-likeness (QED) is 0.750. The fourth-order valence-corrected chi connectivity index (χ4v) is 2.67. The SMILES string of the molecule is Cc1[nH]c2ccc(C3CCNC3)cc2c1C. The Balaban J connectivity index is 2.10. The van der Waals surface area contributed by atoms with Gasteiger partial charge >= 0.3 is 0 Å². The van der Waals surface area contributed by atoms with Crippen molar-refractivity contribution in [2.24, 2.45) is 0 Å². The number of nitrogens with one attached hydrogen (secondary N) is 2. The van der Waals surface area contributed by atoms with Gasteiger partial charge in [0, 0.05) is 23.1 Å². The minimum atomic E-state index is 0.707. The van der Waals surface area contributed by atoms with Crippen LogP contribution in [-0.4, -0.2) is 18.1 Å². The van der Waals surface area contributed by atoms with E-state index < -0.39 is 0 Å². The number of aromatic amines is 1. The number of aryl methyl sites for hydroxylation is 2. The normalized spacial score (nSPS) is 20.8. The molecule has 1 unspecified atom stereocenters. The van der Waals surface area contributed by atoms with Crippen LogP contribution in [0.3, 0.4) is 0 Å². The standard InChI is InChI=1S/C14H18N2/c1-9-10(2)16-14-4-3-11(7-13(9)14)12-5-6-15-8-12/h3-4,7,12,15-16H,5-6,8H2,1-2H3. The summed E-state index contributed by atoms with van der Waals surface area (Å²) in [5, 5.41) is 4.82. The average Bonchev–Trinajstić information content (AvgIpc) is 2.89. The smallest absolute Gasteiger partial charge is 0.0458 e. The van der Waals surface area contributed by atoms with E-state index >= 15 is 0 Å².